The Morgan fingerprint density at radius 2 is 1.97 bits per heavy atom. The Kier molecular flexibility index (Phi) is 6.23. The molecular weight excluding hydrogens is 372 g/mol. The minimum absolute atomic E-state index is 0.124. The lowest BCUT2D eigenvalue weighted by Gasteiger charge is -2.14. The zero-order valence-electron chi connectivity index (χ0n) is 16.5. The molecule has 0 aliphatic rings. The summed E-state index contributed by atoms with van der Waals surface area (Å²) in [5.74, 6) is 1.52. The first-order valence-corrected chi connectivity index (χ1v) is 9.23. The number of aryl methyl sites for hydroxylation is 1. The van der Waals surface area contributed by atoms with Crippen molar-refractivity contribution in [1.29, 1.82) is 0 Å². The van der Waals surface area contributed by atoms with Gasteiger partial charge in [-0.2, -0.15) is 0 Å². The van der Waals surface area contributed by atoms with Crippen LogP contribution in [-0.2, 0) is 6.42 Å². The third-order valence-corrected chi connectivity index (χ3v) is 4.36. The number of nitro groups is 1. The third kappa shape index (κ3) is 4.43. The van der Waals surface area contributed by atoms with Gasteiger partial charge in [-0.1, -0.05) is 19.1 Å². The largest absolute Gasteiger partial charge is 0.493 e. The van der Waals surface area contributed by atoms with Crippen molar-refractivity contribution in [2.75, 3.05) is 19.0 Å². The van der Waals surface area contributed by atoms with Crippen molar-refractivity contribution in [3.05, 3.63) is 64.5 Å². The summed E-state index contributed by atoms with van der Waals surface area (Å²) in [6, 6.07) is 12.4. The molecule has 0 unspecified atom stereocenters. The van der Waals surface area contributed by atoms with Gasteiger partial charge in [-0.25, -0.2) is 9.97 Å². The molecule has 2 aromatic carbocycles. The van der Waals surface area contributed by atoms with Crippen LogP contribution in [0.4, 0.5) is 17.2 Å². The highest BCUT2D eigenvalue weighted by Gasteiger charge is 2.16. The highest BCUT2D eigenvalue weighted by molar-refractivity contribution is 5.72. The maximum Gasteiger partial charge on any atom is 0.312 e. The summed E-state index contributed by atoms with van der Waals surface area (Å²) < 4.78 is 10.9. The summed E-state index contributed by atoms with van der Waals surface area (Å²) in [6.45, 7) is 4.57. The Hall–Kier alpha value is -3.68. The Balaban J connectivity index is 1.96. The van der Waals surface area contributed by atoms with Gasteiger partial charge in [0, 0.05) is 23.4 Å². The summed E-state index contributed by atoms with van der Waals surface area (Å²) >= 11 is 0. The number of hydrogen-bond acceptors (Lipinski definition) is 7. The van der Waals surface area contributed by atoms with Gasteiger partial charge >= 0.3 is 5.69 Å². The molecule has 1 heterocycles. The van der Waals surface area contributed by atoms with E-state index in [0.717, 1.165) is 23.3 Å². The van der Waals surface area contributed by atoms with Crippen LogP contribution in [0.5, 0.6) is 11.5 Å². The van der Waals surface area contributed by atoms with E-state index in [1.807, 2.05) is 25.1 Å². The van der Waals surface area contributed by atoms with Crippen LogP contribution in [0.15, 0.2) is 48.8 Å². The van der Waals surface area contributed by atoms with E-state index in [2.05, 4.69) is 22.2 Å². The van der Waals surface area contributed by atoms with E-state index < -0.39 is 4.92 Å². The van der Waals surface area contributed by atoms with Gasteiger partial charge in [0.15, 0.2) is 5.75 Å². The van der Waals surface area contributed by atoms with Crippen molar-refractivity contribution in [2.45, 2.75) is 20.3 Å². The molecule has 0 radical (unpaired) electrons. The minimum atomic E-state index is -0.486. The van der Waals surface area contributed by atoms with Crippen LogP contribution in [0.25, 0.3) is 11.3 Å². The van der Waals surface area contributed by atoms with E-state index in [0.29, 0.717) is 23.8 Å². The average molecular weight is 394 g/mol. The second kappa shape index (κ2) is 9.01. The molecule has 1 N–H and O–H groups in total. The topological polar surface area (TPSA) is 99.4 Å². The monoisotopic (exact) mass is 394 g/mol. The van der Waals surface area contributed by atoms with Gasteiger partial charge in [0.05, 0.1) is 24.3 Å². The molecule has 1 aromatic heterocycles. The number of nitrogens with zero attached hydrogens (tertiary/aromatic N) is 3. The number of aromatic nitrogens is 2. The fraction of sp³-hybridized carbons (Fsp3) is 0.238. The molecule has 0 fully saturated rings. The lowest BCUT2D eigenvalue weighted by atomic mass is 10.0. The van der Waals surface area contributed by atoms with Gasteiger partial charge in [-0.15, -0.1) is 0 Å². The van der Waals surface area contributed by atoms with Gasteiger partial charge in [0.2, 0.25) is 0 Å². The van der Waals surface area contributed by atoms with E-state index in [-0.39, 0.29) is 11.4 Å². The Bertz CT molecular complexity index is 1020. The number of nitrogens with one attached hydrogen (secondary N) is 1. The van der Waals surface area contributed by atoms with Gasteiger partial charge in [0.1, 0.15) is 17.9 Å². The maximum absolute atomic E-state index is 11.2. The zero-order chi connectivity index (χ0) is 20.8. The Labute approximate surface area is 168 Å². The van der Waals surface area contributed by atoms with Gasteiger partial charge < -0.3 is 14.8 Å². The van der Waals surface area contributed by atoms with Crippen LogP contribution in [-0.4, -0.2) is 28.6 Å². The molecule has 8 nitrogen and oxygen atoms in total. The molecule has 0 amide bonds. The average Bonchev–Trinajstić information content (AvgIpc) is 2.74. The molecule has 0 saturated heterocycles. The van der Waals surface area contributed by atoms with Crippen molar-refractivity contribution in [1.82, 2.24) is 9.97 Å². The molecule has 0 spiro atoms. The first-order valence-electron chi connectivity index (χ1n) is 9.23. The molecule has 150 valence electrons. The van der Waals surface area contributed by atoms with Crippen molar-refractivity contribution < 1.29 is 14.4 Å². The second-order valence-corrected chi connectivity index (χ2v) is 6.14. The van der Waals surface area contributed by atoms with Gasteiger partial charge in [-0.3, -0.25) is 10.1 Å². The van der Waals surface area contributed by atoms with E-state index >= 15 is 0 Å². The van der Waals surface area contributed by atoms with Crippen molar-refractivity contribution in [2.24, 2.45) is 0 Å². The number of nitro benzene ring substituents is 1. The van der Waals surface area contributed by atoms with Crippen LogP contribution in [0.2, 0.25) is 0 Å². The van der Waals surface area contributed by atoms with Crippen LogP contribution >= 0.6 is 0 Å². The predicted octanol–water partition coefficient (Wildman–Crippen LogP) is 4.77. The molecule has 8 heteroatoms. The van der Waals surface area contributed by atoms with Gasteiger partial charge in [0.25, 0.3) is 0 Å². The summed E-state index contributed by atoms with van der Waals surface area (Å²) in [5.41, 5.74) is 3.07. The lowest BCUT2D eigenvalue weighted by Crippen LogP contribution is -2.01. The van der Waals surface area contributed by atoms with E-state index in [1.54, 1.807) is 18.2 Å². The summed E-state index contributed by atoms with van der Waals surface area (Å²) in [7, 11) is 1.40. The quantitative estimate of drug-likeness (QED) is 0.434. The van der Waals surface area contributed by atoms with Crippen molar-refractivity contribution in [3.8, 4) is 22.8 Å². The number of anilines is 2. The predicted molar refractivity (Wildman–Crippen MR) is 111 cm³/mol. The first-order chi connectivity index (χ1) is 14.1. The highest BCUT2D eigenvalue weighted by Crippen LogP contribution is 2.34. The third-order valence-electron chi connectivity index (χ3n) is 4.36. The summed E-state index contributed by atoms with van der Waals surface area (Å²) in [5, 5.41) is 14.3. The van der Waals surface area contributed by atoms with E-state index in [1.165, 1.54) is 19.5 Å². The zero-order valence-corrected chi connectivity index (χ0v) is 16.5. The minimum Gasteiger partial charge on any atom is -0.493 e. The van der Waals surface area contributed by atoms with Crippen LogP contribution in [0.1, 0.15) is 19.4 Å². The van der Waals surface area contributed by atoms with Crippen LogP contribution < -0.4 is 14.8 Å². The number of rotatable bonds is 8. The van der Waals surface area contributed by atoms with Gasteiger partial charge in [-0.05, 0) is 37.1 Å². The molecular formula is C21H22N4O4. The van der Waals surface area contributed by atoms with Crippen LogP contribution in [0, 0.1) is 10.1 Å². The fourth-order valence-corrected chi connectivity index (χ4v) is 3.01. The summed E-state index contributed by atoms with van der Waals surface area (Å²) in [4.78, 5) is 19.4. The fourth-order valence-electron chi connectivity index (χ4n) is 3.01. The van der Waals surface area contributed by atoms with Crippen molar-refractivity contribution >= 4 is 17.2 Å². The molecule has 0 aliphatic heterocycles. The van der Waals surface area contributed by atoms with Crippen LogP contribution in [0.3, 0.4) is 0 Å². The number of ether oxygens (including phenoxy) is 2. The van der Waals surface area contributed by atoms with E-state index in [9.17, 15) is 10.1 Å². The van der Waals surface area contributed by atoms with E-state index in [4.69, 9.17) is 9.47 Å². The number of methoxy groups -OCH3 is 1. The molecule has 0 saturated carbocycles. The molecule has 29 heavy (non-hydrogen) atoms. The molecule has 0 aliphatic carbocycles. The number of benzene rings is 2. The van der Waals surface area contributed by atoms with Crippen molar-refractivity contribution in [3.63, 3.8) is 0 Å². The lowest BCUT2D eigenvalue weighted by molar-refractivity contribution is -0.385. The number of hydrogen-bond donors (Lipinski definition) is 1. The number of para-hydroxylation sites is 1. The molecule has 3 rings (SSSR count). The Morgan fingerprint density at radius 3 is 2.66 bits per heavy atom. The smallest absolute Gasteiger partial charge is 0.312 e. The standard InChI is InChI=1S/C21H22N4O4/c1-4-14-7-6-8-16(21(14)29-5-2)17-12-20(23-13-22-17)24-15-9-10-19(28-3)18(11-15)25(26)27/h6-13H,4-5H2,1-3H3,(H,22,23,24). The normalized spacial score (nSPS) is 10.4. The highest BCUT2D eigenvalue weighted by atomic mass is 16.6. The molecule has 3 aromatic rings. The first kappa shape index (κ1) is 20.1. The Morgan fingerprint density at radius 1 is 1.14 bits per heavy atom. The maximum atomic E-state index is 11.2. The summed E-state index contributed by atoms with van der Waals surface area (Å²) in [6.07, 6.45) is 2.29. The molecule has 0 bridgehead atoms. The SMILES string of the molecule is CCOc1c(CC)cccc1-c1cc(Nc2ccc(OC)c([N+](=O)[O-])c2)ncn1. The second-order valence-electron chi connectivity index (χ2n) is 6.14. The molecule has 0 atom stereocenters.